The van der Waals surface area contributed by atoms with Crippen LogP contribution in [0.2, 0.25) is 0 Å². The highest BCUT2D eigenvalue weighted by molar-refractivity contribution is 5.69. The van der Waals surface area contributed by atoms with Crippen LogP contribution in [-0.4, -0.2) is 33.1 Å². The lowest BCUT2D eigenvalue weighted by Gasteiger charge is -2.27. The van der Waals surface area contributed by atoms with Crippen molar-refractivity contribution in [1.29, 1.82) is 0 Å². The fraction of sp³-hybridized carbons (Fsp3) is 0.889. The Morgan fingerprint density at radius 3 is 2.92 bits per heavy atom. The van der Waals surface area contributed by atoms with Gasteiger partial charge in [0, 0.05) is 20.0 Å². The van der Waals surface area contributed by atoms with Gasteiger partial charge in [-0.1, -0.05) is 0 Å². The van der Waals surface area contributed by atoms with Crippen LogP contribution in [0.5, 0.6) is 0 Å². The molecule has 1 fully saturated rings. The molecule has 1 aliphatic rings. The van der Waals surface area contributed by atoms with Crippen molar-refractivity contribution in [2.45, 2.75) is 25.6 Å². The fourth-order valence-corrected chi connectivity index (χ4v) is 1.49. The minimum Gasteiger partial charge on any atom is -0.469 e. The molecule has 4 nitrogen and oxygen atoms in total. The number of ether oxygens (including phenoxy) is 3. The standard InChI is InChI=1S/C9H16O4/c1-11-8(10)5-7-3-4-13-9(6-7)12-2/h7,9H,3-6H2,1-2H3. The van der Waals surface area contributed by atoms with Crippen LogP contribution in [0, 0.1) is 5.92 Å². The molecule has 1 aliphatic heterocycles. The first-order valence-electron chi connectivity index (χ1n) is 4.47. The number of hydrogen-bond donors (Lipinski definition) is 0. The molecule has 1 saturated heterocycles. The minimum absolute atomic E-state index is 0.150. The zero-order valence-corrected chi connectivity index (χ0v) is 8.12. The van der Waals surface area contributed by atoms with Gasteiger partial charge >= 0.3 is 5.97 Å². The Morgan fingerprint density at radius 1 is 1.54 bits per heavy atom. The van der Waals surface area contributed by atoms with Crippen molar-refractivity contribution in [3.8, 4) is 0 Å². The first-order chi connectivity index (χ1) is 6.26. The smallest absolute Gasteiger partial charge is 0.305 e. The van der Waals surface area contributed by atoms with Gasteiger partial charge in [0.2, 0.25) is 0 Å². The average molecular weight is 188 g/mol. The Labute approximate surface area is 78.2 Å². The van der Waals surface area contributed by atoms with E-state index in [1.807, 2.05) is 0 Å². The second-order valence-electron chi connectivity index (χ2n) is 3.21. The lowest BCUT2D eigenvalue weighted by atomic mass is 9.96. The van der Waals surface area contributed by atoms with E-state index in [2.05, 4.69) is 4.74 Å². The van der Waals surface area contributed by atoms with Crippen LogP contribution in [0.15, 0.2) is 0 Å². The van der Waals surface area contributed by atoms with E-state index in [-0.39, 0.29) is 12.3 Å². The van der Waals surface area contributed by atoms with Gasteiger partial charge in [-0.3, -0.25) is 4.79 Å². The second kappa shape index (κ2) is 5.19. The van der Waals surface area contributed by atoms with Gasteiger partial charge in [-0.2, -0.15) is 0 Å². The Balaban J connectivity index is 2.29. The molecule has 0 aromatic rings. The molecule has 0 spiro atoms. The maximum Gasteiger partial charge on any atom is 0.305 e. The lowest BCUT2D eigenvalue weighted by Crippen LogP contribution is -2.28. The third-order valence-corrected chi connectivity index (χ3v) is 2.30. The number of hydrogen-bond acceptors (Lipinski definition) is 4. The summed E-state index contributed by atoms with van der Waals surface area (Å²) in [7, 11) is 3.03. The zero-order chi connectivity index (χ0) is 9.68. The quantitative estimate of drug-likeness (QED) is 0.618. The van der Waals surface area contributed by atoms with Gasteiger partial charge in [0.05, 0.1) is 13.7 Å². The van der Waals surface area contributed by atoms with Crippen molar-refractivity contribution in [2.24, 2.45) is 5.92 Å². The molecule has 2 atom stereocenters. The van der Waals surface area contributed by atoms with Gasteiger partial charge in [-0.15, -0.1) is 0 Å². The molecular formula is C9H16O4. The van der Waals surface area contributed by atoms with Crippen LogP contribution in [0.4, 0.5) is 0 Å². The molecule has 0 aromatic carbocycles. The van der Waals surface area contributed by atoms with E-state index in [0.29, 0.717) is 18.9 Å². The van der Waals surface area contributed by atoms with E-state index in [1.54, 1.807) is 7.11 Å². The van der Waals surface area contributed by atoms with Crippen LogP contribution in [-0.2, 0) is 19.0 Å². The van der Waals surface area contributed by atoms with Gasteiger partial charge in [0.25, 0.3) is 0 Å². The number of methoxy groups -OCH3 is 2. The largest absolute Gasteiger partial charge is 0.469 e. The van der Waals surface area contributed by atoms with Crippen LogP contribution < -0.4 is 0 Å². The Morgan fingerprint density at radius 2 is 2.31 bits per heavy atom. The molecule has 0 saturated carbocycles. The molecule has 1 heterocycles. The molecule has 0 amide bonds. The van der Waals surface area contributed by atoms with E-state index in [9.17, 15) is 4.79 Å². The molecule has 0 N–H and O–H groups in total. The topological polar surface area (TPSA) is 44.8 Å². The molecule has 1 rings (SSSR count). The normalized spacial score (nSPS) is 28.5. The van der Waals surface area contributed by atoms with Crippen molar-refractivity contribution in [1.82, 2.24) is 0 Å². The van der Waals surface area contributed by atoms with E-state index in [0.717, 1.165) is 12.8 Å². The predicted molar refractivity (Wildman–Crippen MR) is 46.1 cm³/mol. The van der Waals surface area contributed by atoms with E-state index >= 15 is 0 Å². The summed E-state index contributed by atoms with van der Waals surface area (Å²) < 4.78 is 15.0. The molecule has 13 heavy (non-hydrogen) atoms. The zero-order valence-electron chi connectivity index (χ0n) is 8.12. The van der Waals surface area contributed by atoms with Gasteiger partial charge in [0.15, 0.2) is 6.29 Å². The third kappa shape index (κ3) is 3.32. The number of rotatable bonds is 3. The molecule has 0 bridgehead atoms. The van der Waals surface area contributed by atoms with E-state index < -0.39 is 0 Å². The molecule has 76 valence electrons. The van der Waals surface area contributed by atoms with E-state index in [4.69, 9.17) is 9.47 Å². The van der Waals surface area contributed by atoms with E-state index in [1.165, 1.54) is 7.11 Å². The van der Waals surface area contributed by atoms with Gasteiger partial charge < -0.3 is 14.2 Å². The van der Waals surface area contributed by atoms with Crippen molar-refractivity contribution in [2.75, 3.05) is 20.8 Å². The van der Waals surface area contributed by atoms with Crippen molar-refractivity contribution in [3.63, 3.8) is 0 Å². The van der Waals surface area contributed by atoms with Gasteiger partial charge in [-0.25, -0.2) is 0 Å². The van der Waals surface area contributed by atoms with Gasteiger partial charge in [-0.05, 0) is 12.3 Å². The Bertz CT molecular complexity index is 169. The third-order valence-electron chi connectivity index (χ3n) is 2.30. The summed E-state index contributed by atoms with van der Waals surface area (Å²) in [5.74, 6) is 0.188. The summed E-state index contributed by atoms with van der Waals surface area (Å²) in [6.45, 7) is 0.667. The highest BCUT2D eigenvalue weighted by Gasteiger charge is 2.24. The lowest BCUT2D eigenvalue weighted by molar-refractivity contribution is -0.164. The van der Waals surface area contributed by atoms with Crippen molar-refractivity contribution in [3.05, 3.63) is 0 Å². The fourth-order valence-electron chi connectivity index (χ4n) is 1.49. The maximum atomic E-state index is 11.0. The highest BCUT2D eigenvalue weighted by atomic mass is 16.7. The van der Waals surface area contributed by atoms with Crippen molar-refractivity contribution >= 4 is 5.97 Å². The molecule has 0 aliphatic carbocycles. The molecule has 0 aromatic heterocycles. The summed E-state index contributed by atoms with van der Waals surface area (Å²) in [5, 5.41) is 0. The number of carbonyl (C=O) groups is 1. The molecule has 4 heteroatoms. The van der Waals surface area contributed by atoms with Gasteiger partial charge in [0.1, 0.15) is 0 Å². The van der Waals surface area contributed by atoms with Crippen LogP contribution in [0.3, 0.4) is 0 Å². The van der Waals surface area contributed by atoms with Crippen LogP contribution in [0.25, 0.3) is 0 Å². The number of esters is 1. The molecular weight excluding hydrogens is 172 g/mol. The Kier molecular flexibility index (Phi) is 4.18. The molecule has 2 unspecified atom stereocenters. The van der Waals surface area contributed by atoms with Crippen LogP contribution in [0.1, 0.15) is 19.3 Å². The predicted octanol–water partition coefficient (Wildman–Crippen LogP) is 0.949. The Hall–Kier alpha value is -0.610. The first kappa shape index (κ1) is 10.5. The SMILES string of the molecule is COC(=O)CC1CCOC(OC)C1. The monoisotopic (exact) mass is 188 g/mol. The maximum absolute atomic E-state index is 11.0. The molecule has 0 radical (unpaired) electrons. The number of carbonyl (C=O) groups excluding carboxylic acids is 1. The summed E-state index contributed by atoms with van der Waals surface area (Å²) in [6.07, 6.45) is 2.02. The first-order valence-corrected chi connectivity index (χ1v) is 4.47. The summed E-state index contributed by atoms with van der Waals surface area (Å²) in [4.78, 5) is 11.0. The average Bonchev–Trinajstić information content (AvgIpc) is 2.18. The minimum atomic E-state index is -0.151. The van der Waals surface area contributed by atoms with Crippen LogP contribution >= 0.6 is 0 Å². The summed E-state index contributed by atoms with van der Waals surface area (Å²) in [6, 6.07) is 0. The highest BCUT2D eigenvalue weighted by Crippen LogP contribution is 2.23. The second-order valence-corrected chi connectivity index (χ2v) is 3.21. The van der Waals surface area contributed by atoms with Crippen molar-refractivity contribution < 1.29 is 19.0 Å². The summed E-state index contributed by atoms with van der Waals surface area (Å²) in [5.41, 5.74) is 0. The summed E-state index contributed by atoms with van der Waals surface area (Å²) >= 11 is 0.